The minimum Gasteiger partial charge on any atom is -0.311 e. The Bertz CT molecular complexity index is 436. The van der Waals surface area contributed by atoms with Crippen molar-refractivity contribution in [3.8, 4) is 0 Å². The number of primary sulfonamides is 1. The van der Waals surface area contributed by atoms with E-state index in [0.717, 1.165) is 10.3 Å². The average molecular weight is 308 g/mol. The Kier molecular flexibility index (Phi) is 5.33. The van der Waals surface area contributed by atoms with Crippen molar-refractivity contribution in [1.82, 2.24) is 10.3 Å². The molecule has 3 N–H and O–H groups in total. The van der Waals surface area contributed by atoms with Gasteiger partial charge >= 0.3 is 0 Å². The Balaban J connectivity index is 2.21. The summed E-state index contributed by atoms with van der Waals surface area (Å²) in [5.74, 6) is 0.00587. The van der Waals surface area contributed by atoms with E-state index >= 15 is 0 Å². The van der Waals surface area contributed by atoms with Gasteiger partial charge in [-0.1, -0.05) is 6.07 Å². The molecule has 7 heteroatoms. The van der Waals surface area contributed by atoms with Crippen LogP contribution in [0.1, 0.15) is 12.1 Å². The van der Waals surface area contributed by atoms with Gasteiger partial charge in [-0.05, 0) is 41.0 Å². The highest BCUT2D eigenvalue weighted by atomic mass is 79.9. The minimum absolute atomic E-state index is 0.00587. The molecular weight excluding hydrogens is 294 g/mol. The summed E-state index contributed by atoms with van der Waals surface area (Å²) < 4.78 is 22.1. The second kappa shape index (κ2) is 6.29. The van der Waals surface area contributed by atoms with Crippen LogP contribution in [0.2, 0.25) is 0 Å². The monoisotopic (exact) mass is 307 g/mol. The Morgan fingerprint density at radius 1 is 1.44 bits per heavy atom. The normalized spacial score (nSPS) is 11.6. The third kappa shape index (κ3) is 6.16. The number of aromatic nitrogens is 1. The highest BCUT2D eigenvalue weighted by molar-refractivity contribution is 9.10. The molecule has 0 aliphatic rings. The predicted octanol–water partition coefficient (Wildman–Crippen LogP) is 0.612. The molecule has 0 unspecified atom stereocenters. The van der Waals surface area contributed by atoms with E-state index in [-0.39, 0.29) is 5.75 Å². The van der Waals surface area contributed by atoms with E-state index in [2.05, 4.69) is 26.2 Å². The molecule has 0 atom stereocenters. The fourth-order valence-electron chi connectivity index (χ4n) is 1.16. The molecule has 1 aromatic rings. The summed E-state index contributed by atoms with van der Waals surface area (Å²) in [7, 11) is -3.34. The van der Waals surface area contributed by atoms with Crippen LogP contribution in [0.5, 0.6) is 0 Å². The van der Waals surface area contributed by atoms with Gasteiger partial charge in [-0.25, -0.2) is 18.5 Å². The molecule has 0 aromatic carbocycles. The van der Waals surface area contributed by atoms with Crippen LogP contribution in [0.25, 0.3) is 0 Å². The maximum absolute atomic E-state index is 10.6. The molecule has 1 heterocycles. The predicted molar refractivity (Wildman–Crippen MR) is 66.2 cm³/mol. The highest BCUT2D eigenvalue weighted by Gasteiger charge is 2.01. The maximum atomic E-state index is 10.6. The number of nitrogens with one attached hydrogen (secondary N) is 1. The van der Waals surface area contributed by atoms with Gasteiger partial charge in [-0.3, -0.25) is 0 Å². The summed E-state index contributed by atoms with van der Waals surface area (Å²) in [5, 5.41) is 7.97. The number of nitrogens with two attached hydrogens (primary N) is 1. The van der Waals surface area contributed by atoms with Crippen LogP contribution >= 0.6 is 15.9 Å². The second-order valence-electron chi connectivity index (χ2n) is 3.35. The van der Waals surface area contributed by atoms with Crippen molar-refractivity contribution in [2.75, 3.05) is 12.3 Å². The SMILES string of the molecule is NS(=O)(=O)CCCNCc1cccc(Br)n1. The van der Waals surface area contributed by atoms with Crippen molar-refractivity contribution in [1.29, 1.82) is 0 Å². The first-order chi connectivity index (χ1) is 7.47. The Labute approximate surface area is 104 Å². The van der Waals surface area contributed by atoms with Gasteiger partial charge in [0, 0.05) is 6.54 Å². The van der Waals surface area contributed by atoms with E-state index in [4.69, 9.17) is 5.14 Å². The Morgan fingerprint density at radius 3 is 2.81 bits per heavy atom. The van der Waals surface area contributed by atoms with Gasteiger partial charge in [-0.2, -0.15) is 0 Å². The van der Waals surface area contributed by atoms with Crippen molar-refractivity contribution in [3.05, 3.63) is 28.5 Å². The van der Waals surface area contributed by atoms with Crippen molar-refractivity contribution in [2.45, 2.75) is 13.0 Å². The lowest BCUT2D eigenvalue weighted by atomic mass is 10.3. The standard InChI is InChI=1S/C9H14BrN3O2S/c10-9-4-1-3-8(13-9)7-12-5-2-6-16(11,14)15/h1,3-4,12H,2,5-7H2,(H2,11,14,15). The molecule has 0 spiro atoms. The largest absolute Gasteiger partial charge is 0.311 e. The number of halogens is 1. The van der Waals surface area contributed by atoms with Gasteiger partial charge in [-0.15, -0.1) is 0 Å². The Morgan fingerprint density at radius 2 is 2.19 bits per heavy atom. The van der Waals surface area contributed by atoms with Crippen LogP contribution in [0.15, 0.2) is 22.8 Å². The molecule has 5 nitrogen and oxygen atoms in total. The van der Waals surface area contributed by atoms with Gasteiger partial charge in [0.15, 0.2) is 0 Å². The molecule has 1 aromatic heterocycles. The van der Waals surface area contributed by atoms with Gasteiger partial charge in [0.25, 0.3) is 0 Å². The zero-order chi connectivity index (χ0) is 12.0. The third-order valence-corrected chi connectivity index (χ3v) is 3.16. The van der Waals surface area contributed by atoms with E-state index in [1.807, 2.05) is 18.2 Å². The number of nitrogens with zero attached hydrogens (tertiary/aromatic N) is 1. The number of sulfonamides is 1. The average Bonchev–Trinajstić information content (AvgIpc) is 2.15. The lowest BCUT2D eigenvalue weighted by Crippen LogP contribution is -2.22. The van der Waals surface area contributed by atoms with E-state index < -0.39 is 10.0 Å². The van der Waals surface area contributed by atoms with E-state index in [0.29, 0.717) is 19.5 Å². The second-order valence-corrected chi connectivity index (χ2v) is 5.90. The van der Waals surface area contributed by atoms with Crippen LogP contribution in [0, 0.1) is 0 Å². The number of pyridine rings is 1. The van der Waals surface area contributed by atoms with E-state index in [9.17, 15) is 8.42 Å². The van der Waals surface area contributed by atoms with Crippen LogP contribution in [0.3, 0.4) is 0 Å². The first kappa shape index (κ1) is 13.6. The topological polar surface area (TPSA) is 85.1 Å². The molecule has 16 heavy (non-hydrogen) atoms. The van der Waals surface area contributed by atoms with Crippen LogP contribution < -0.4 is 10.5 Å². The first-order valence-electron chi connectivity index (χ1n) is 4.80. The lowest BCUT2D eigenvalue weighted by Gasteiger charge is -2.03. The summed E-state index contributed by atoms with van der Waals surface area (Å²) in [6.45, 7) is 1.22. The van der Waals surface area contributed by atoms with Crippen LogP contribution in [-0.4, -0.2) is 25.7 Å². The van der Waals surface area contributed by atoms with Crippen LogP contribution in [-0.2, 0) is 16.6 Å². The number of hydrogen-bond acceptors (Lipinski definition) is 4. The highest BCUT2D eigenvalue weighted by Crippen LogP contribution is 2.05. The van der Waals surface area contributed by atoms with Gasteiger partial charge in [0.2, 0.25) is 10.0 Å². The lowest BCUT2D eigenvalue weighted by molar-refractivity contribution is 0.589. The van der Waals surface area contributed by atoms with Gasteiger partial charge in [0.05, 0.1) is 11.4 Å². The van der Waals surface area contributed by atoms with Gasteiger partial charge < -0.3 is 5.32 Å². The molecule has 0 saturated heterocycles. The van der Waals surface area contributed by atoms with Crippen LogP contribution in [0.4, 0.5) is 0 Å². The zero-order valence-corrected chi connectivity index (χ0v) is 11.1. The molecule has 0 fully saturated rings. The molecule has 0 aliphatic carbocycles. The zero-order valence-electron chi connectivity index (χ0n) is 8.69. The summed E-state index contributed by atoms with van der Waals surface area (Å²) in [6, 6.07) is 5.65. The molecule has 90 valence electrons. The van der Waals surface area contributed by atoms with Crippen molar-refractivity contribution >= 4 is 26.0 Å². The van der Waals surface area contributed by atoms with E-state index in [1.54, 1.807) is 0 Å². The molecule has 0 bridgehead atoms. The minimum atomic E-state index is -3.34. The first-order valence-corrected chi connectivity index (χ1v) is 7.31. The molecule has 0 aliphatic heterocycles. The smallest absolute Gasteiger partial charge is 0.209 e. The summed E-state index contributed by atoms with van der Waals surface area (Å²) in [4.78, 5) is 4.23. The van der Waals surface area contributed by atoms with Crippen molar-refractivity contribution in [2.24, 2.45) is 5.14 Å². The molecule has 0 radical (unpaired) electrons. The summed E-state index contributed by atoms with van der Waals surface area (Å²) in [5.41, 5.74) is 0.907. The summed E-state index contributed by atoms with van der Waals surface area (Å²) >= 11 is 3.28. The summed E-state index contributed by atoms with van der Waals surface area (Å²) in [6.07, 6.45) is 0.507. The fourth-order valence-corrected chi connectivity index (χ4v) is 2.09. The maximum Gasteiger partial charge on any atom is 0.209 e. The molecule has 0 amide bonds. The van der Waals surface area contributed by atoms with E-state index in [1.165, 1.54) is 0 Å². The Hall–Kier alpha value is -0.500. The fraction of sp³-hybridized carbons (Fsp3) is 0.444. The molecule has 0 saturated carbocycles. The molecule has 1 rings (SSSR count). The number of hydrogen-bond donors (Lipinski definition) is 2. The quantitative estimate of drug-likeness (QED) is 0.596. The van der Waals surface area contributed by atoms with Crippen molar-refractivity contribution in [3.63, 3.8) is 0 Å². The third-order valence-electron chi connectivity index (χ3n) is 1.86. The number of rotatable bonds is 6. The molecular formula is C9H14BrN3O2S. The van der Waals surface area contributed by atoms with Gasteiger partial charge in [0.1, 0.15) is 4.60 Å². The van der Waals surface area contributed by atoms with Crippen molar-refractivity contribution < 1.29 is 8.42 Å².